The van der Waals surface area contributed by atoms with Crippen LogP contribution in [0.3, 0.4) is 0 Å². The molecule has 1 saturated heterocycles. The van der Waals surface area contributed by atoms with Crippen LogP contribution in [0.15, 0.2) is 23.1 Å². The van der Waals surface area contributed by atoms with E-state index in [4.69, 9.17) is 4.74 Å². The molecule has 3 heterocycles. The Labute approximate surface area is 152 Å². The molecule has 1 atom stereocenters. The molecule has 0 bridgehead atoms. The van der Waals surface area contributed by atoms with Gasteiger partial charge >= 0.3 is 0 Å². The Morgan fingerprint density at radius 3 is 2.88 bits per heavy atom. The minimum absolute atomic E-state index is 0.134. The third kappa shape index (κ3) is 4.10. The van der Waals surface area contributed by atoms with Crippen molar-refractivity contribution in [2.75, 3.05) is 51.1 Å². The summed E-state index contributed by atoms with van der Waals surface area (Å²) >= 11 is 0. The summed E-state index contributed by atoms with van der Waals surface area (Å²) < 4.78 is 5.18. The maximum Gasteiger partial charge on any atom is 0.252 e. The van der Waals surface area contributed by atoms with Gasteiger partial charge in [0.05, 0.1) is 12.8 Å². The molecule has 0 aromatic carbocycles. The molecule has 3 rings (SSSR count). The number of hydrogen-bond acceptors (Lipinski definition) is 8. The fraction of sp³-hybridized carbons (Fsp3) is 0.529. The molecule has 0 saturated carbocycles. The Morgan fingerprint density at radius 1 is 1.35 bits per heavy atom. The third-order valence-corrected chi connectivity index (χ3v) is 4.51. The fourth-order valence-corrected chi connectivity index (χ4v) is 3.05. The van der Waals surface area contributed by atoms with Gasteiger partial charge < -0.3 is 14.5 Å². The first-order chi connectivity index (χ1) is 12.5. The molecule has 0 spiro atoms. The second kappa shape index (κ2) is 7.69. The number of nitrogens with zero attached hydrogens (tertiary/aromatic N) is 6. The van der Waals surface area contributed by atoms with E-state index in [1.54, 1.807) is 30.3 Å². The molecule has 2 aromatic rings. The minimum atomic E-state index is -0.134. The highest BCUT2D eigenvalue weighted by atomic mass is 16.5. The SMILES string of the molecule is COc1ccnc(N2CC[C@@H](N(C)Cc3cc(=O)[nH]c(N(C)C)n3)C2)n1. The van der Waals surface area contributed by atoms with E-state index in [9.17, 15) is 4.79 Å². The lowest BCUT2D eigenvalue weighted by molar-refractivity contribution is 0.247. The number of aromatic amines is 1. The summed E-state index contributed by atoms with van der Waals surface area (Å²) in [6, 6.07) is 3.64. The third-order valence-electron chi connectivity index (χ3n) is 4.51. The highest BCUT2D eigenvalue weighted by Crippen LogP contribution is 2.21. The van der Waals surface area contributed by atoms with E-state index >= 15 is 0 Å². The van der Waals surface area contributed by atoms with Gasteiger partial charge in [-0.25, -0.2) is 9.97 Å². The van der Waals surface area contributed by atoms with Gasteiger partial charge in [0, 0.05) is 58.1 Å². The first-order valence-corrected chi connectivity index (χ1v) is 8.56. The van der Waals surface area contributed by atoms with Crippen LogP contribution in [0.25, 0.3) is 0 Å². The number of H-pyrrole nitrogens is 1. The van der Waals surface area contributed by atoms with Crippen molar-refractivity contribution in [3.8, 4) is 5.88 Å². The lowest BCUT2D eigenvalue weighted by atomic mass is 10.2. The van der Waals surface area contributed by atoms with E-state index in [0.717, 1.165) is 25.2 Å². The zero-order valence-electron chi connectivity index (χ0n) is 15.6. The van der Waals surface area contributed by atoms with E-state index in [2.05, 4.69) is 36.8 Å². The second-order valence-corrected chi connectivity index (χ2v) is 6.66. The molecule has 0 unspecified atom stereocenters. The molecule has 1 aliphatic heterocycles. The number of hydrogen-bond donors (Lipinski definition) is 1. The number of aromatic nitrogens is 4. The second-order valence-electron chi connectivity index (χ2n) is 6.66. The zero-order valence-corrected chi connectivity index (χ0v) is 15.6. The van der Waals surface area contributed by atoms with Crippen molar-refractivity contribution < 1.29 is 4.74 Å². The molecule has 9 nitrogen and oxygen atoms in total. The molecule has 0 amide bonds. The van der Waals surface area contributed by atoms with Gasteiger partial charge in [-0.2, -0.15) is 4.98 Å². The van der Waals surface area contributed by atoms with Crippen molar-refractivity contribution >= 4 is 11.9 Å². The summed E-state index contributed by atoms with van der Waals surface area (Å²) in [6.45, 7) is 2.32. The highest BCUT2D eigenvalue weighted by molar-refractivity contribution is 5.34. The maximum absolute atomic E-state index is 11.8. The van der Waals surface area contributed by atoms with E-state index in [1.807, 2.05) is 14.1 Å². The molecule has 1 N–H and O–H groups in total. The fourth-order valence-electron chi connectivity index (χ4n) is 3.05. The summed E-state index contributed by atoms with van der Waals surface area (Å²) in [6.07, 6.45) is 2.71. The highest BCUT2D eigenvalue weighted by Gasteiger charge is 2.27. The summed E-state index contributed by atoms with van der Waals surface area (Å²) in [5.74, 6) is 1.82. The van der Waals surface area contributed by atoms with Crippen molar-refractivity contribution in [2.45, 2.75) is 19.0 Å². The summed E-state index contributed by atoms with van der Waals surface area (Å²) in [5.41, 5.74) is 0.626. The molecule has 26 heavy (non-hydrogen) atoms. The lowest BCUT2D eigenvalue weighted by Gasteiger charge is -2.24. The predicted octanol–water partition coefficient (Wildman–Crippen LogP) is 0.345. The molecule has 0 aliphatic carbocycles. The Balaban J connectivity index is 1.66. The Hall–Kier alpha value is -2.68. The molecule has 0 radical (unpaired) electrons. The standard InChI is InChI=1S/C17H25N7O2/c1-22(2)17-19-12(9-14(25)20-17)10-23(3)13-6-8-24(11-13)16-18-7-5-15(21-16)26-4/h5,7,9,13H,6,8,10-11H2,1-4H3,(H,19,20,25)/t13-/m1/s1. The van der Waals surface area contributed by atoms with Gasteiger partial charge in [0.2, 0.25) is 17.8 Å². The monoisotopic (exact) mass is 359 g/mol. The molecular formula is C17H25N7O2. The number of methoxy groups -OCH3 is 1. The molecule has 140 valence electrons. The van der Waals surface area contributed by atoms with Crippen LogP contribution in [0, 0.1) is 0 Å². The van der Waals surface area contributed by atoms with Gasteiger partial charge in [-0.1, -0.05) is 0 Å². The summed E-state index contributed by atoms with van der Waals surface area (Å²) in [7, 11) is 7.37. The molecule has 1 aliphatic rings. The Kier molecular flexibility index (Phi) is 5.36. The quantitative estimate of drug-likeness (QED) is 0.790. The van der Waals surface area contributed by atoms with Gasteiger partial charge in [-0.3, -0.25) is 14.7 Å². The molecule has 1 fully saturated rings. The predicted molar refractivity (Wildman–Crippen MR) is 99.9 cm³/mol. The zero-order chi connectivity index (χ0) is 18.7. The van der Waals surface area contributed by atoms with E-state index < -0.39 is 0 Å². The van der Waals surface area contributed by atoms with E-state index in [-0.39, 0.29) is 5.56 Å². The smallest absolute Gasteiger partial charge is 0.252 e. The Morgan fingerprint density at radius 2 is 2.15 bits per heavy atom. The van der Waals surface area contributed by atoms with Gasteiger partial charge in [-0.05, 0) is 13.5 Å². The lowest BCUT2D eigenvalue weighted by Crippen LogP contribution is -2.35. The van der Waals surface area contributed by atoms with Crippen LogP contribution in [0.1, 0.15) is 12.1 Å². The van der Waals surface area contributed by atoms with Crippen LogP contribution in [0.5, 0.6) is 5.88 Å². The van der Waals surface area contributed by atoms with Crippen LogP contribution < -0.4 is 20.1 Å². The minimum Gasteiger partial charge on any atom is -0.481 e. The van der Waals surface area contributed by atoms with Crippen LogP contribution in [-0.4, -0.2) is 72.2 Å². The average Bonchev–Trinajstić information content (AvgIpc) is 3.11. The van der Waals surface area contributed by atoms with Crippen LogP contribution >= 0.6 is 0 Å². The maximum atomic E-state index is 11.8. The number of rotatable bonds is 6. The van der Waals surface area contributed by atoms with Crippen molar-refractivity contribution in [2.24, 2.45) is 0 Å². The van der Waals surface area contributed by atoms with Crippen LogP contribution in [0.4, 0.5) is 11.9 Å². The largest absolute Gasteiger partial charge is 0.481 e. The normalized spacial score (nSPS) is 17.0. The van der Waals surface area contributed by atoms with Gasteiger partial charge in [-0.15, -0.1) is 0 Å². The van der Waals surface area contributed by atoms with Gasteiger partial charge in [0.25, 0.3) is 5.56 Å². The van der Waals surface area contributed by atoms with E-state index in [1.165, 1.54) is 0 Å². The van der Waals surface area contributed by atoms with Crippen LogP contribution in [-0.2, 0) is 6.54 Å². The summed E-state index contributed by atoms with van der Waals surface area (Å²) in [5, 5.41) is 0. The first kappa shape index (κ1) is 18.1. The molecule has 2 aromatic heterocycles. The molecule has 9 heteroatoms. The van der Waals surface area contributed by atoms with Crippen molar-refractivity contribution in [1.29, 1.82) is 0 Å². The molecular weight excluding hydrogens is 334 g/mol. The van der Waals surface area contributed by atoms with Crippen molar-refractivity contribution in [3.05, 3.63) is 34.4 Å². The first-order valence-electron chi connectivity index (χ1n) is 8.56. The van der Waals surface area contributed by atoms with Gasteiger partial charge in [0.15, 0.2) is 0 Å². The topological polar surface area (TPSA) is 90.5 Å². The van der Waals surface area contributed by atoms with Crippen LogP contribution in [0.2, 0.25) is 0 Å². The average molecular weight is 359 g/mol. The van der Waals surface area contributed by atoms with Crippen molar-refractivity contribution in [3.63, 3.8) is 0 Å². The Bertz CT molecular complexity index is 808. The number of nitrogens with one attached hydrogen (secondary N) is 1. The summed E-state index contributed by atoms with van der Waals surface area (Å²) in [4.78, 5) is 34.0. The van der Waals surface area contributed by atoms with Gasteiger partial charge in [0.1, 0.15) is 0 Å². The number of anilines is 2. The van der Waals surface area contributed by atoms with Crippen molar-refractivity contribution in [1.82, 2.24) is 24.8 Å². The van der Waals surface area contributed by atoms with E-state index in [0.29, 0.717) is 30.4 Å². The number of likely N-dealkylation sites (N-methyl/N-ethyl adjacent to an activating group) is 1. The number of ether oxygens (including phenoxy) is 1.